The minimum atomic E-state index is -3.23. The van der Waals surface area contributed by atoms with Crippen LogP contribution in [-0.2, 0) is 9.84 Å². The third-order valence-electron chi connectivity index (χ3n) is 3.35. The van der Waals surface area contributed by atoms with Crippen LogP contribution < -0.4 is 5.56 Å². The largest absolute Gasteiger partial charge is 0.321 e. The van der Waals surface area contributed by atoms with E-state index in [-0.39, 0.29) is 10.5 Å². The van der Waals surface area contributed by atoms with E-state index in [9.17, 15) is 13.2 Å². The van der Waals surface area contributed by atoms with Crippen LogP contribution in [0, 0.1) is 0 Å². The summed E-state index contributed by atoms with van der Waals surface area (Å²) < 4.78 is 22.9. The number of aromatic nitrogens is 1. The van der Waals surface area contributed by atoms with Crippen molar-refractivity contribution in [3.63, 3.8) is 0 Å². The third kappa shape index (κ3) is 2.60. The van der Waals surface area contributed by atoms with Crippen LogP contribution in [0.3, 0.4) is 0 Å². The molecule has 0 saturated heterocycles. The molecule has 0 aliphatic carbocycles. The van der Waals surface area contributed by atoms with Gasteiger partial charge in [0.05, 0.1) is 4.90 Å². The summed E-state index contributed by atoms with van der Waals surface area (Å²) >= 11 is 0. The highest BCUT2D eigenvalue weighted by molar-refractivity contribution is 7.90. The lowest BCUT2D eigenvalue weighted by atomic mass is 10.1. The van der Waals surface area contributed by atoms with Crippen molar-refractivity contribution in [1.82, 2.24) is 4.98 Å². The number of hydrogen-bond donors (Lipinski definition) is 1. The Hall–Kier alpha value is -2.40. The summed E-state index contributed by atoms with van der Waals surface area (Å²) in [5.74, 6) is 0. The summed E-state index contributed by atoms with van der Waals surface area (Å²) in [6.45, 7) is 0. The molecule has 3 aromatic rings. The number of para-hydroxylation sites is 1. The molecule has 3 rings (SSSR count). The lowest BCUT2D eigenvalue weighted by Gasteiger charge is -2.05. The molecule has 0 unspecified atom stereocenters. The molecular formula is C16H13NO3S. The molecule has 0 fully saturated rings. The van der Waals surface area contributed by atoms with Crippen LogP contribution in [0.1, 0.15) is 0 Å². The topological polar surface area (TPSA) is 67.0 Å². The average molecular weight is 299 g/mol. The van der Waals surface area contributed by atoms with Crippen LogP contribution >= 0.6 is 0 Å². The number of aromatic amines is 1. The fraction of sp³-hybridized carbons (Fsp3) is 0.0625. The number of benzene rings is 2. The highest BCUT2D eigenvalue weighted by atomic mass is 32.2. The smallest absolute Gasteiger partial charge is 0.256 e. The molecule has 106 valence electrons. The molecule has 1 heterocycles. The van der Waals surface area contributed by atoms with E-state index in [1.165, 1.54) is 12.1 Å². The summed E-state index contributed by atoms with van der Waals surface area (Å²) in [6.07, 6.45) is 1.16. The molecule has 1 N–H and O–H groups in total. The maximum absolute atomic E-state index is 12.1. The number of rotatable bonds is 2. The minimum Gasteiger partial charge on any atom is -0.321 e. The van der Waals surface area contributed by atoms with Crippen molar-refractivity contribution in [2.45, 2.75) is 4.90 Å². The zero-order chi connectivity index (χ0) is 15.0. The zero-order valence-corrected chi connectivity index (χ0v) is 12.1. The quantitative estimate of drug-likeness (QED) is 0.791. The number of nitrogens with one attached hydrogen (secondary N) is 1. The van der Waals surface area contributed by atoms with Crippen molar-refractivity contribution < 1.29 is 8.42 Å². The van der Waals surface area contributed by atoms with E-state index in [0.29, 0.717) is 11.1 Å². The number of H-pyrrole nitrogens is 1. The highest BCUT2D eigenvalue weighted by Gasteiger charge is 2.09. The van der Waals surface area contributed by atoms with Gasteiger partial charge in [-0.1, -0.05) is 30.3 Å². The first kappa shape index (κ1) is 13.6. The molecule has 5 heteroatoms. The summed E-state index contributed by atoms with van der Waals surface area (Å²) in [6, 6.07) is 15.6. The molecule has 0 saturated carbocycles. The van der Waals surface area contributed by atoms with Crippen molar-refractivity contribution in [3.05, 3.63) is 65.0 Å². The van der Waals surface area contributed by atoms with E-state index in [0.717, 1.165) is 17.2 Å². The van der Waals surface area contributed by atoms with Gasteiger partial charge in [0.2, 0.25) is 0 Å². The van der Waals surface area contributed by atoms with Crippen molar-refractivity contribution >= 4 is 20.7 Å². The van der Waals surface area contributed by atoms with E-state index >= 15 is 0 Å². The Labute approximate surface area is 122 Å². The Morgan fingerprint density at radius 3 is 2.29 bits per heavy atom. The molecule has 0 amide bonds. The molecule has 0 radical (unpaired) electrons. The second-order valence-electron chi connectivity index (χ2n) is 4.90. The second-order valence-corrected chi connectivity index (χ2v) is 6.91. The molecule has 0 atom stereocenters. The molecule has 0 bridgehead atoms. The van der Waals surface area contributed by atoms with Crippen LogP contribution in [0.5, 0.6) is 0 Å². The number of fused-ring (bicyclic) bond motifs is 1. The first-order chi connectivity index (χ1) is 9.95. The number of sulfone groups is 1. The maximum atomic E-state index is 12.1. The van der Waals surface area contributed by atoms with Gasteiger partial charge < -0.3 is 4.98 Å². The first-order valence-corrected chi connectivity index (χ1v) is 8.27. The van der Waals surface area contributed by atoms with Gasteiger partial charge in [0.25, 0.3) is 5.56 Å². The number of hydrogen-bond acceptors (Lipinski definition) is 3. The summed E-state index contributed by atoms with van der Waals surface area (Å²) in [7, 11) is -3.23. The molecule has 0 aliphatic heterocycles. The van der Waals surface area contributed by atoms with Gasteiger partial charge >= 0.3 is 0 Å². The molecule has 21 heavy (non-hydrogen) atoms. The molecule has 4 nitrogen and oxygen atoms in total. The van der Waals surface area contributed by atoms with E-state index in [1.54, 1.807) is 12.1 Å². The molecule has 0 aliphatic rings. The lowest BCUT2D eigenvalue weighted by Crippen LogP contribution is -2.08. The standard InChI is InChI=1S/C16H13NO3S/c1-21(19,20)13-8-6-11(7-9-13)14-10-12-4-2-3-5-15(12)17-16(14)18/h2-10H,1H3,(H,17,18). The van der Waals surface area contributed by atoms with Gasteiger partial charge in [-0.3, -0.25) is 4.79 Å². The minimum absolute atomic E-state index is 0.194. The Balaban J connectivity index is 2.16. The summed E-state index contributed by atoms with van der Waals surface area (Å²) in [5, 5.41) is 0.930. The Bertz CT molecular complexity index is 970. The fourth-order valence-corrected chi connectivity index (χ4v) is 2.87. The Morgan fingerprint density at radius 2 is 1.62 bits per heavy atom. The van der Waals surface area contributed by atoms with Gasteiger partial charge in [-0.25, -0.2) is 8.42 Å². The predicted octanol–water partition coefficient (Wildman–Crippen LogP) is 2.60. The third-order valence-corrected chi connectivity index (χ3v) is 4.48. The fourth-order valence-electron chi connectivity index (χ4n) is 2.24. The van der Waals surface area contributed by atoms with Crippen LogP contribution in [-0.4, -0.2) is 19.7 Å². The lowest BCUT2D eigenvalue weighted by molar-refractivity contribution is 0.602. The van der Waals surface area contributed by atoms with Gasteiger partial charge in [0.15, 0.2) is 9.84 Å². The van der Waals surface area contributed by atoms with Crippen molar-refractivity contribution in [2.75, 3.05) is 6.26 Å². The summed E-state index contributed by atoms with van der Waals surface area (Å²) in [5.41, 5.74) is 1.79. The predicted molar refractivity (Wildman–Crippen MR) is 83.1 cm³/mol. The van der Waals surface area contributed by atoms with E-state index in [2.05, 4.69) is 4.98 Å². The van der Waals surface area contributed by atoms with Crippen LogP contribution in [0.4, 0.5) is 0 Å². The molecule has 2 aromatic carbocycles. The Morgan fingerprint density at radius 1 is 0.952 bits per heavy atom. The average Bonchev–Trinajstić information content (AvgIpc) is 2.46. The van der Waals surface area contributed by atoms with Gasteiger partial charge in [-0.15, -0.1) is 0 Å². The van der Waals surface area contributed by atoms with Gasteiger partial charge in [0, 0.05) is 17.3 Å². The molecule has 0 spiro atoms. The van der Waals surface area contributed by atoms with Crippen molar-refractivity contribution in [3.8, 4) is 11.1 Å². The van der Waals surface area contributed by atoms with Crippen LogP contribution in [0.2, 0.25) is 0 Å². The van der Waals surface area contributed by atoms with E-state index in [1.807, 2.05) is 30.3 Å². The summed E-state index contributed by atoms with van der Waals surface area (Å²) in [4.78, 5) is 15.2. The number of pyridine rings is 1. The van der Waals surface area contributed by atoms with Crippen molar-refractivity contribution in [2.24, 2.45) is 0 Å². The van der Waals surface area contributed by atoms with Crippen LogP contribution in [0.15, 0.2) is 64.3 Å². The zero-order valence-electron chi connectivity index (χ0n) is 11.3. The van der Waals surface area contributed by atoms with Gasteiger partial charge in [0.1, 0.15) is 0 Å². The molecular weight excluding hydrogens is 286 g/mol. The van der Waals surface area contributed by atoms with Gasteiger partial charge in [-0.2, -0.15) is 0 Å². The van der Waals surface area contributed by atoms with Crippen molar-refractivity contribution in [1.29, 1.82) is 0 Å². The molecule has 1 aromatic heterocycles. The Kier molecular flexibility index (Phi) is 3.14. The van der Waals surface area contributed by atoms with E-state index < -0.39 is 9.84 Å². The highest BCUT2D eigenvalue weighted by Crippen LogP contribution is 2.21. The first-order valence-electron chi connectivity index (χ1n) is 6.38. The monoisotopic (exact) mass is 299 g/mol. The SMILES string of the molecule is CS(=O)(=O)c1ccc(-c2cc3ccccc3[nH]c2=O)cc1. The van der Waals surface area contributed by atoms with Gasteiger partial charge in [-0.05, 0) is 35.2 Å². The maximum Gasteiger partial charge on any atom is 0.256 e. The normalized spacial score (nSPS) is 11.7. The van der Waals surface area contributed by atoms with Crippen LogP contribution in [0.25, 0.3) is 22.0 Å². The second kappa shape index (κ2) is 4.86. The van der Waals surface area contributed by atoms with E-state index in [4.69, 9.17) is 0 Å².